The van der Waals surface area contributed by atoms with Crippen LogP contribution < -0.4 is 5.14 Å². The highest BCUT2D eigenvalue weighted by Gasteiger charge is 2.14. The molecule has 1 heterocycles. The molecule has 1 rings (SSSR count). The molecule has 0 aromatic heterocycles. The quantitative estimate of drug-likeness (QED) is 0.712. The van der Waals surface area contributed by atoms with Crippen LogP contribution in [0.3, 0.4) is 0 Å². The third-order valence-electron chi connectivity index (χ3n) is 1.81. The van der Waals surface area contributed by atoms with Gasteiger partial charge in [-0.25, -0.2) is 13.6 Å². The maximum atomic E-state index is 10.6. The van der Waals surface area contributed by atoms with Crippen LogP contribution in [0.15, 0.2) is 0 Å². The summed E-state index contributed by atoms with van der Waals surface area (Å²) >= 11 is 0. The number of sulfonamides is 1. The monoisotopic (exact) mass is 214 g/mol. The van der Waals surface area contributed by atoms with Gasteiger partial charge >= 0.3 is 0 Å². The molecule has 0 unspecified atom stereocenters. The van der Waals surface area contributed by atoms with Crippen LogP contribution in [0.4, 0.5) is 0 Å². The Morgan fingerprint density at radius 1 is 1.17 bits per heavy atom. The molecule has 0 radical (unpaired) electrons. The molecule has 2 N–H and O–H groups in total. The predicted octanol–water partition coefficient (Wildman–Crippen LogP) is 0.140. The van der Waals surface area contributed by atoms with Crippen molar-refractivity contribution in [1.29, 1.82) is 0 Å². The van der Waals surface area contributed by atoms with Crippen molar-refractivity contribution < 1.29 is 8.42 Å². The zero-order valence-corrected chi connectivity index (χ0v) is 8.53. The van der Waals surface area contributed by atoms with Crippen molar-refractivity contribution in [2.45, 2.75) is 19.3 Å². The van der Waals surface area contributed by atoms with Crippen molar-refractivity contribution in [1.82, 2.24) is 4.90 Å². The minimum atomic E-state index is -3.30. The first kappa shape index (κ1) is 12.2. The van der Waals surface area contributed by atoms with Gasteiger partial charge in [-0.05, 0) is 25.9 Å². The van der Waals surface area contributed by atoms with E-state index >= 15 is 0 Å². The van der Waals surface area contributed by atoms with E-state index < -0.39 is 10.0 Å². The maximum Gasteiger partial charge on any atom is 0.222 e. The molecule has 74 valence electrons. The summed E-state index contributed by atoms with van der Waals surface area (Å²) in [6, 6.07) is 0. The van der Waals surface area contributed by atoms with E-state index in [9.17, 15) is 8.42 Å². The summed E-state index contributed by atoms with van der Waals surface area (Å²) < 4.78 is 21.3. The van der Waals surface area contributed by atoms with E-state index in [1.165, 1.54) is 6.42 Å². The van der Waals surface area contributed by atoms with Gasteiger partial charge in [0.05, 0.1) is 0 Å². The van der Waals surface area contributed by atoms with E-state index in [-0.39, 0.29) is 18.3 Å². The van der Waals surface area contributed by atoms with E-state index in [0.717, 1.165) is 25.9 Å². The highest BCUT2D eigenvalue weighted by Crippen LogP contribution is 2.08. The average molecular weight is 215 g/mol. The van der Waals surface area contributed by atoms with Gasteiger partial charge in [-0.3, -0.25) is 4.90 Å². The van der Waals surface area contributed by atoms with Gasteiger partial charge in [0.15, 0.2) is 0 Å². The first-order chi connectivity index (χ1) is 5.08. The summed E-state index contributed by atoms with van der Waals surface area (Å²) in [4.78, 5) is 1.89. The van der Waals surface area contributed by atoms with Crippen LogP contribution in [-0.2, 0) is 10.0 Å². The van der Waals surface area contributed by atoms with E-state index in [1.54, 1.807) is 0 Å². The number of rotatable bonds is 2. The normalized spacial score (nSPS) is 20.1. The van der Waals surface area contributed by atoms with Crippen LogP contribution in [0, 0.1) is 0 Å². The van der Waals surface area contributed by atoms with Gasteiger partial charge in [-0.1, -0.05) is 6.42 Å². The topological polar surface area (TPSA) is 63.4 Å². The lowest BCUT2D eigenvalue weighted by atomic mass is 10.1. The highest BCUT2D eigenvalue weighted by molar-refractivity contribution is 7.89. The number of hydrogen-bond acceptors (Lipinski definition) is 3. The third kappa shape index (κ3) is 4.92. The third-order valence-corrected chi connectivity index (χ3v) is 2.54. The first-order valence-electron chi connectivity index (χ1n) is 3.81. The molecule has 0 amide bonds. The molecule has 12 heavy (non-hydrogen) atoms. The lowest BCUT2D eigenvalue weighted by Gasteiger charge is -2.24. The summed E-state index contributed by atoms with van der Waals surface area (Å²) in [7, 11) is -3.30. The number of primary sulfonamides is 1. The fourth-order valence-corrected chi connectivity index (χ4v) is 2.11. The van der Waals surface area contributed by atoms with Gasteiger partial charge in [0.2, 0.25) is 10.0 Å². The Hall–Kier alpha value is 0.160. The smallest absolute Gasteiger partial charge is 0.222 e. The second-order valence-corrected chi connectivity index (χ2v) is 4.55. The Kier molecular flexibility index (Phi) is 5.08. The van der Waals surface area contributed by atoms with E-state index in [2.05, 4.69) is 0 Å². The van der Waals surface area contributed by atoms with Crippen LogP contribution in [0.25, 0.3) is 0 Å². The van der Waals surface area contributed by atoms with Crippen molar-refractivity contribution in [3.05, 3.63) is 0 Å². The minimum absolute atomic E-state index is 0. The first-order valence-corrected chi connectivity index (χ1v) is 5.52. The standard InChI is InChI=1S/C6H14N2O2S.ClH/c7-11(9,10)6-8-4-2-1-3-5-8;/h1-6H2,(H2,7,9,10);1H. The average Bonchev–Trinajstić information content (AvgIpc) is 1.85. The van der Waals surface area contributed by atoms with Crippen LogP contribution >= 0.6 is 12.4 Å². The fraction of sp³-hybridized carbons (Fsp3) is 1.00. The Bertz CT molecular complexity index is 212. The molecule has 0 aliphatic carbocycles. The lowest BCUT2D eigenvalue weighted by Crippen LogP contribution is -2.37. The number of nitrogens with two attached hydrogens (primary N) is 1. The molecule has 0 aromatic carbocycles. The van der Waals surface area contributed by atoms with E-state index in [1.807, 2.05) is 4.90 Å². The molecular formula is C6H15ClN2O2S. The van der Waals surface area contributed by atoms with Gasteiger partial charge in [-0.15, -0.1) is 12.4 Å². The van der Waals surface area contributed by atoms with Crippen molar-refractivity contribution >= 4 is 22.4 Å². The molecule has 1 fully saturated rings. The van der Waals surface area contributed by atoms with E-state index in [0.29, 0.717) is 0 Å². The van der Waals surface area contributed by atoms with E-state index in [4.69, 9.17) is 5.14 Å². The van der Waals surface area contributed by atoms with Gasteiger partial charge in [0, 0.05) is 0 Å². The molecule has 0 spiro atoms. The van der Waals surface area contributed by atoms with Crippen molar-refractivity contribution in [2.75, 3.05) is 19.0 Å². The SMILES string of the molecule is Cl.NS(=O)(=O)CN1CCCCC1. The molecule has 1 aliphatic rings. The maximum absolute atomic E-state index is 10.6. The molecule has 1 saturated heterocycles. The Balaban J connectivity index is 0.00000121. The predicted molar refractivity (Wildman–Crippen MR) is 50.6 cm³/mol. The van der Waals surface area contributed by atoms with Crippen molar-refractivity contribution in [3.63, 3.8) is 0 Å². The Labute approximate surface area is 79.6 Å². The molecule has 1 aliphatic heterocycles. The second kappa shape index (κ2) is 5.01. The molecular weight excluding hydrogens is 200 g/mol. The van der Waals surface area contributed by atoms with Crippen LogP contribution in [-0.4, -0.2) is 32.3 Å². The lowest BCUT2D eigenvalue weighted by molar-refractivity contribution is 0.261. The van der Waals surface area contributed by atoms with Crippen molar-refractivity contribution in [3.8, 4) is 0 Å². The number of halogens is 1. The summed E-state index contributed by atoms with van der Waals surface area (Å²) in [6.07, 6.45) is 3.39. The Morgan fingerprint density at radius 3 is 2.08 bits per heavy atom. The van der Waals surface area contributed by atoms with Crippen LogP contribution in [0.2, 0.25) is 0 Å². The number of likely N-dealkylation sites (tertiary alicyclic amines) is 1. The largest absolute Gasteiger partial charge is 0.289 e. The zero-order chi connectivity index (χ0) is 8.32. The molecule has 6 heteroatoms. The summed E-state index contributed by atoms with van der Waals surface area (Å²) in [6.45, 7) is 1.74. The van der Waals surface area contributed by atoms with Gasteiger partial charge in [0.25, 0.3) is 0 Å². The number of piperidine rings is 1. The molecule has 0 bridgehead atoms. The second-order valence-electron chi connectivity index (χ2n) is 2.97. The fourth-order valence-electron chi connectivity index (χ4n) is 1.34. The van der Waals surface area contributed by atoms with Gasteiger partial charge in [-0.2, -0.15) is 0 Å². The van der Waals surface area contributed by atoms with Crippen LogP contribution in [0.1, 0.15) is 19.3 Å². The summed E-state index contributed by atoms with van der Waals surface area (Å²) in [5.74, 6) is 0.0208. The van der Waals surface area contributed by atoms with Gasteiger partial charge in [0.1, 0.15) is 5.88 Å². The number of nitrogens with zero attached hydrogens (tertiary/aromatic N) is 1. The highest BCUT2D eigenvalue weighted by atomic mass is 35.5. The molecule has 0 saturated carbocycles. The van der Waals surface area contributed by atoms with Gasteiger partial charge < -0.3 is 0 Å². The Morgan fingerprint density at radius 2 is 1.67 bits per heavy atom. The minimum Gasteiger partial charge on any atom is -0.289 e. The number of hydrogen-bond donors (Lipinski definition) is 1. The summed E-state index contributed by atoms with van der Waals surface area (Å²) in [5, 5.41) is 4.90. The van der Waals surface area contributed by atoms with Crippen molar-refractivity contribution in [2.24, 2.45) is 5.14 Å². The molecule has 0 atom stereocenters. The molecule has 4 nitrogen and oxygen atoms in total. The summed E-state index contributed by atoms with van der Waals surface area (Å²) in [5.41, 5.74) is 0. The van der Waals surface area contributed by atoms with Crippen LogP contribution in [0.5, 0.6) is 0 Å². The molecule has 0 aromatic rings. The zero-order valence-electron chi connectivity index (χ0n) is 6.90.